The van der Waals surface area contributed by atoms with Crippen molar-refractivity contribution >= 4 is 11.7 Å². The third kappa shape index (κ3) is 7.73. The molecular formula is C34H45N5O3. The van der Waals surface area contributed by atoms with E-state index in [2.05, 4.69) is 76.2 Å². The van der Waals surface area contributed by atoms with E-state index in [-0.39, 0.29) is 11.4 Å². The first-order valence-corrected chi connectivity index (χ1v) is 15.4. The maximum atomic E-state index is 13.7. The molecule has 1 amide bonds. The lowest BCUT2D eigenvalue weighted by Crippen LogP contribution is -2.50. The number of hydrogen-bond acceptors (Lipinski definition) is 7. The number of benzene rings is 1. The van der Waals surface area contributed by atoms with Crippen LogP contribution in [0.4, 0.5) is 5.82 Å². The monoisotopic (exact) mass is 571 g/mol. The zero-order valence-corrected chi connectivity index (χ0v) is 25.2. The molecule has 5 rings (SSSR count). The molecule has 2 atom stereocenters. The lowest BCUT2D eigenvalue weighted by molar-refractivity contribution is 0.0821. The van der Waals surface area contributed by atoms with Gasteiger partial charge in [-0.25, -0.2) is 4.98 Å². The number of carbonyl (C=O) groups is 1. The number of ether oxygens (including phenoxy) is 1. The number of aromatic nitrogens is 2. The zero-order valence-electron chi connectivity index (χ0n) is 25.2. The maximum absolute atomic E-state index is 13.7. The van der Waals surface area contributed by atoms with Crippen LogP contribution in [-0.2, 0) is 29.7 Å². The smallest absolute Gasteiger partial charge is 0.251 e. The second-order valence-electron chi connectivity index (χ2n) is 12.2. The fourth-order valence-corrected chi connectivity index (χ4v) is 5.74. The first kappa shape index (κ1) is 30.1. The normalized spacial score (nSPS) is 19.5. The molecule has 3 heterocycles. The number of aliphatic hydroxyl groups excluding tert-OH is 1. The van der Waals surface area contributed by atoms with E-state index in [0.29, 0.717) is 42.6 Å². The molecule has 42 heavy (non-hydrogen) atoms. The molecule has 2 aliphatic rings. The van der Waals surface area contributed by atoms with Crippen LogP contribution in [0.5, 0.6) is 0 Å². The van der Waals surface area contributed by atoms with Crippen LogP contribution in [0, 0.1) is 0 Å². The number of nitrogens with one attached hydrogen (secondary N) is 3. The summed E-state index contributed by atoms with van der Waals surface area (Å²) in [5.74, 6) is 0.848. The van der Waals surface area contributed by atoms with Crippen molar-refractivity contribution in [2.45, 2.75) is 89.0 Å². The van der Waals surface area contributed by atoms with Gasteiger partial charge in [0.25, 0.3) is 5.91 Å². The first-order valence-electron chi connectivity index (χ1n) is 15.4. The Balaban J connectivity index is 1.38. The Morgan fingerprint density at radius 1 is 1.10 bits per heavy atom. The molecule has 8 heteroatoms. The van der Waals surface area contributed by atoms with Gasteiger partial charge in [0.05, 0.1) is 35.7 Å². The fraction of sp³-hybridized carbons (Fsp3) is 0.500. The number of pyridine rings is 2. The van der Waals surface area contributed by atoms with Crippen molar-refractivity contribution in [2.75, 3.05) is 25.5 Å². The van der Waals surface area contributed by atoms with Crippen LogP contribution in [-0.4, -0.2) is 53.3 Å². The molecule has 8 nitrogen and oxygen atoms in total. The Bertz CT molecular complexity index is 1360. The van der Waals surface area contributed by atoms with Crippen molar-refractivity contribution in [2.24, 2.45) is 0 Å². The van der Waals surface area contributed by atoms with E-state index in [4.69, 9.17) is 4.74 Å². The van der Waals surface area contributed by atoms with Crippen molar-refractivity contribution in [3.8, 4) is 0 Å². The molecule has 0 radical (unpaired) electrons. The van der Waals surface area contributed by atoms with Gasteiger partial charge < -0.3 is 25.8 Å². The molecule has 1 aromatic carbocycles. The van der Waals surface area contributed by atoms with E-state index in [1.54, 1.807) is 19.2 Å². The molecule has 0 unspecified atom stereocenters. The summed E-state index contributed by atoms with van der Waals surface area (Å²) in [7, 11) is 1.62. The van der Waals surface area contributed by atoms with Crippen LogP contribution in [0.3, 0.4) is 0 Å². The average Bonchev–Trinajstić information content (AvgIpc) is 3.78. The molecule has 3 aromatic rings. The van der Waals surface area contributed by atoms with Crippen LogP contribution < -0.4 is 16.0 Å². The number of carbonyl (C=O) groups excluding carboxylic acids is 1. The minimum Gasteiger partial charge on any atom is -0.390 e. The number of fused-ring (bicyclic) bond motifs is 4. The van der Waals surface area contributed by atoms with Crippen molar-refractivity contribution in [3.05, 3.63) is 88.4 Å². The summed E-state index contributed by atoms with van der Waals surface area (Å²) < 4.78 is 5.32. The van der Waals surface area contributed by atoms with Gasteiger partial charge in [-0.2, -0.15) is 0 Å². The van der Waals surface area contributed by atoms with Crippen molar-refractivity contribution in [1.82, 2.24) is 20.6 Å². The van der Waals surface area contributed by atoms with Crippen molar-refractivity contribution in [1.29, 1.82) is 0 Å². The number of aliphatic hydroxyl groups is 1. The van der Waals surface area contributed by atoms with E-state index in [1.807, 2.05) is 6.20 Å². The number of amides is 1. The molecule has 1 saturated carbocycles. The van der Waals surface area contributed by atoms with Crippen molar-refractivity contribution in [3.63, 3.8) is 0 Å². The summed E-state index contributed by atoms with van der Waals surface area (Å²) in [6, 6.07) is 15.9. The molecule has 2 aromatic heterocycles. The lowest BCUT2D eigenvalue weighted by atomic mass is 9.96. The summed E-state index contributed by atoms with van der Waals surface area (Å²) in [4.78, 5) is 23.0. The number of anilines is 1. The second-order valence-corrected chi connectivity index (χ2v) is 12.2. The highest BCUT2D eigenvalue weighted by Crippen LogP contribution is 2.45. The van der Waals surface area contributed by atoms with Gasteiger partial charge >= 0.3 is 0 Å². The molecule has 224 valence electrons. The molecule has 1 fully saturated rings. The molecule has 1 aliphatic heterocycles. The minimum atomic E-state index is -0.805. The van der Waals surface area contributed by atoms with Gasteiger partial charge in [-0.3, -0.25) is 9.78 Å². The van der Waals surface area contributed by atoms with E-state index >= 15 is 0 Å². The Morgan fingerprint density at radius 2 is 1.93 bits per heavy atom. The van der Waals surface area contributed by atoms with Gasteiger partial charge in [0.2, 0.25) is 0 Å². The number of hydrogen-bond donors (Lipinski definition) is 4. The highest BCUT2D eigenvalue weighted by molar-refractivity contribution is 5.95. The summed E-state index contributed by atoms with van der Waals surface area (Å²) in [5.41, 5.74) is 5.64. The Morgan fingerprint density at radius 3 is 2.71 bits per heavy atom. The minimum absolute atomic E-state index is 0.227. The molecule has 1 aliphatic carbocycles. The van der Waals surface area contributed by atoms with Gasteiger partial charge in [-0.1, -0.05) is 44.5 Å². The first-order chi connectivity index (χ1) is 20.3. The molecular weight excluding hydrogens is 526 g/mol. The predicted molar refractivity (Wildman–Crippen MR) is 166 cm³/mol. The molecule has 0 saturated heterocycles. The topological polar surface area (TPSA) is 108 Å². The van der Waals surface area contributed by atoms with Crippen LogP contribution in [0.1, 0.15) is 90.3 Å². The standard InChI is InChI=1S/C34H45N5O3/c1-23(2)26-11-15-35-31(19-26)34(12-13-34)37-21-30(40)29-17-25-10-7-9-24(16-25)8-5-4-6-14-36-32-20-27(33(41)39-29)18-28(38-32)22-42-3/h7,9-11,15-16,18-20,23,29-30,37,40H,4-6,8,12-14,17,21-22H2,1-3H3,(H,36,38)(H,39,41)/t29-,30+/m0/s1. The zero-order chi connectivity index (χ0) is 29.5. The molecule has 0 spiro atoms. The van der Waals surface area contributed by atoms with Crippen molar-refractivity contribution < 1.29 is 14.6 Å². The lowest BCUT2D eigenvalue weighted by Gasteiger charge is -2.27. The summed E-state index contributed by atoms with van der Waals surface area (Å²) in [5, 5.41) is 21.7. The largest absolute Gasteiger partial charge is 0.390 e. The third-order valence-corrected chi connectivity index (χ3v) is 8.45. The predicted octanol–water partition coefficient (Wildman–Crippen LogP) is 4.87. The molecule has 4 bridgehead atoms. The Hall–Kier alpha value is -3.33. The van der Waals surface area contributed by atoms with Gasteiger partial charge in [0.15, 0.2) is 0 Å². The van der Waals surface area contributed by atoms with Crippen LogP contribution >= 0.6 is 0 Å². The van der Waals surface area contributed by atoms with Crippen LogP contribution in [0.2, 0.25) is 0 Å². The van der Waals surface area contributed by atoms with Crippen LogP contribution in [0.15, 0.2) is 54.7 Å². The van der Waals surface area contributed by atoms with Crippen LogP contribution in [0.25, 0.3) is 0 Å². The number of rotatable bonds is 8. The molecule has 4 N–H and O–H groups in total. The Labute approximate surface area is 249 Å². The number of methoxy groups -OCH3 is 1. The highest BCUT2D eigenvalue weighted by atomic mass is 16.5. The number of nitrogens with zero attached hydrogens (tertiary/aromatic N) is 2. The van der Waals surface area contributed by atoms with Gasteiger partial charge in [-0.15, -0.1) is 0 Å². The van der Waals surface area contributed by atoms with Gasteiger partial charge in [0.1, 0.15) is 5.82 Å². The maximum Gasteiger partial charge on any atom is 0.251 e. The van der Waals surface area contributed by atoms with E-state index in [9.17, 15) is 9.90 Å². The summed E-state index contributed by atoms with van der Waals surface area (Å²) >= 11 is 0. The SMILES string of the molecule is COCc1cc2cc(n1)NCCCCCc1cccc(c1)C[C@@H]([C@H](O)CNC1(c3cc(C(C)C)ccn3)CC1)NC2=O. The Kier molecular flexibility index (Phi) is 9.88. The van der Waals surface area contributed by atoms with E-state index < -0.39 is 12.1 Å². The highest BCUT2D eigenvalue weighted by Gasteiger charge is 2.46. The fourth-order valence-electron chi connectivity index (χ4n) is 5.74. The average molecular weight is 572 g/mol. The number of aryl methyl sites for hydroxylation is 1. The summed E-state index contributed by atoms with van der Waals surface area (Å²) in [6.07, 6.45) is 7.79. The second kappa shape index (κ2) is 13.8. The third-order valence-electron chi connectivity index (χ3n) is 8.45. The van der Waals surface area contributed by atoms with E-state index in [1.165, 1.54) is 11.1 Å². The van der Waals surface area contributed by atoms with Gasteiger partial charge in [-0.05, 0) is 85.4 Å². The van der Waals surface area contributed by atoms with E-state index in [0.717, 1.165) is 56.3 Å². The van der Waals surface area contributed by atoms with Gasteiger partial charge in [0, 0.05) is 32.0 Å². The summed E-state index contributed by atoms with van der Waals surface area (Å²) in [6.45, 7) is 5.81. The quantitative estimate of drug-likeness (QED) is 0.306.